The molecule has 1 saturated heterocycles. The van der Waals surface area contributed by atoms with Crippen LogP contribution >= 0.6 is 11.3 Å². The van der Waals surface area contributed by atoms with Crippen molar-refractivity contribution in [1.29, 1.82) is 0 Å². The molecule has 0 spiro atoms. The van der Waals surface area contributed by atoms with Gasteiger partial charge in [0.1, 0.15) is 28.8 Å². The summed E-state index contributed by atoms with van der Waals surface area (Å²) in [4.78, 5) is 23.3. The predicted octanol–water partition coefficient (Wildman–Crippen LogP) is 2.95. The van der Waals surface area contributed by atoms with Gasteiger partial charge < -0.3 is 10.6 Å². The number of amides is 1. The van der Waals surface area contributed by atoms with Gasteiger partial charge in [-0.15, -0.1) is 11.3 Å². The predicted molar refractivity (Wildman–Crippen MR) is 92.4 cm³/mol. The molecule has 0 bridgehead atoms. The number of nitrogens with two attached hydrogens (primary N) is 1. The highest BCUT2D eigenvalue weighted by Gasteiger charge is 2.32. The summed E-state index contributed by atoms with van der Waals surface area (Å²) in [5.74, 6) is 0.114. The standard InChI is InChI=1S/C17H15FN4OS/c18-11-5-3-10(4-6-11)12-8-24-17-14(12)16(20-9-21-17)22-7-1-2-13(22)15(19)23/h3-6,8-9,13H,1-2,7H2,(H2,19,23)/t13-/m0/s1. The van der Waals surface area contributed by atoms with Gasteiger partial charge in [-0.1, -0.05) is 12.1 Å². The molecule has 1 fully saturated rings. The minimum atomic E-state index is -0.343. The van der Waals surface area contributed by atoms with E-state index in [0.29, 0.717) is 0 Å². The van der Waals surface area contributed by atoms with Gasteiger partial charge >= 0.3 is 0 Å². The van der Waals surface area contributed by atoms with Gasteiger partial charge in [0.15, 0.2) is 0 Å². The molecule has 2 aromatic heterocycles. The number of hydrogen-bond donors (Lipinski definition) is 1. The first-order chi connectivity index (χ1) is 11.6. The van der Waals surface area contributed by atoms with Gasteiger partial charge in [0.2, 0.25) is 5.91 Å². The second-order valence-corrected chi connectivity index (χ2v) is 6.65. The number of thiophene rings is 1. The molecule has 1 atom stereocenters. The van der Waals surface area contributed by atoms with Crippen molar-refractivity contribution in [3.8, 4) is 11.1 Å². The van der Waals surface area contributed by atoms with Crippen molar-refractivity contribution < 1.29 is 9.18 Å². The van der Waals surface area contributed by atoms with E-state index in [-0.39, 0.29) is 17.8 Å². The van der Waals surface area contributed by atoms with E-state index in [1.165, 1.54) is 29.8 Å². The molecule has 0 aliphatic carbocycles. The number of primary amides is 1. The van der Waals surface area contributed by atoms with Crippen LogP contribution in [-0.4, -0.2) is 28.5 Å². The second kappa shape index (κ2) is 5.83. The molecule has 7 heteroatoms. The van der Waals surface area contributed by atoms with Gasteiger partial charge in [0.05, 0.1) is 5.39 Å². The Labute approximate surface area is 141 Å². The second-order valence-electron chi connectivity index (χ2n) is 5.79. The zero-order chi connectivity index (χ0) is 16.7. The minimum Gasteiger partial charge on any atom is -0.368 e. The molecule has 122 valence electrons. The zero-order valence-corrected chi connectivity index (χ0v) is 13.6. The third kappa shape index (κ3) is 2.41. The van der Waals surface area contributed by atoms with Crippen molar-refractivity contribution in [3.05, 3.63) is 41.8 Å². The molecule has 1 aliphatic rings. The fourth-order valence-electron chi connectivity index (χ4n) is 3.24. The SMILES string of the molecule is NC(=O)[C@@H]1CCCN1c1ncnc2scc(-c3ccc(F)cc3)c12. The van der Waals surface area contributed by atoms with Crippen molar-refractivity contribution >= 4 is 33.3 Å². The first-order valence-electron chi connectivity index (χ1n) is 7.69. The number of nitrogens with zero attached hydrogens (tertiary/aromatic N) is 3. The van der Waals surface area contributed by atoms with E-state index in [4.69, 9.17) is 5.73 Å². The number of hydrogen-bond acceptors (Lipinski definition) is 5. The van der Waals surface area contributed by atoms with E-state index in [2.05, 4.69) is 9.97 Å². The van der Waals surface area contributed by atoms with Crippen molar-refractivity contribution in [2.24, 2.45) is 5.73 Å². The van der Waals surface area contributed by atoms with Gasteiger partial charge in [-0.2, -0.15) is 0 Å². The monoisotopic (exact) mass is 342 g/mol. The summed E-state index contributed by atoms with van der Waals surface area (Å²) in [6.07, 6.45) is 3.14. The van der Waals surface area contributed by atoms with Crippen LogP contribution in [0.3, 0.4) is 0 Å². The highest BCUT2D eigenvalue weighted by Crippen LogP contribution is 2.39. The number of rotatable bonds is 3. The number of anilines is 1. The van der Waals surface area contributed by atoms with E-state index in [9.17, 15) is 9.18 Å². The van der Waals surface area contributed by atoms with Crippen molar-refractivity contribution in [2.75, 3.05) is 11.4 Å². The molecule has 1 amide bonds. The number of carbonyl (C=O) groups is 1. The van der Waals surface area contributed by atoms with Crippen LogP contribution in [0.5, 0.6) is 0 Å². The van der Waals surface area contributed by atoms with Crippen molar-refractivity contribution in [1.82, 2.24) is 9.97 Å². The van der Waals surface area contributed by atoms with Gasteiger partial charge in [-0.25, -0.2) is 14.4 Å². The van der Waals surface area contributed by atoms with Crippen LogP contribution < -0.4 is 10.6 Å². The lowest BCUT2D eigenvalue weighted by Crippen LogP contribution is -2.40. The molecule has 24 heavy (non-hydrogen) atoms. The quantitative estimate of drug-likeness (QED) is 0.794. The van der Waals surface area contributed by atoms with Crippen LogP contribution in [0.2, 0.25) is 0 Å². The normalized spacial score (nSPS) is 17.5. The summed E-state index contributed by atoms with van der Waals surface area (Å²) in [5, 5.41) is 2.88. The molecule has 0 saturated carbocycles. The summed E-state index contributed by atoms with van der Waals surface area (Å²) in [7, 11) is 0. The molecule has 3 aromatic rings. The molecule has 0 unspecified atom stereocenters. The number of fused-ring (bicyclic) bond motifs is 1. The number of benzene rings is 1. The van der Waals surface area contributed by atoms with Gasteiger partial charge in [-0.3, -0.25) is 4.79 Å². The minimum absolute atomic E-state index is 0.275. The van der Waals surface area contributed by atoms with Crippen molar-refractivity contribution in [2.45, 2.75) is 18.9 Å². The maximum Gasteiger partial charge on any atom is 0.240 e. The van der Waals surface area contributed by atoms with Crippen LogP contribution in [0.4, 0.5) is 10.2 Å². The smallest absolute Gasteiger partial charge is 0.240 e. The van der Waals surface area contributed by atoms with Crippen molar-refractivity contribution in [3.63, 3.8) is 0 Å². The molecule has 2 N–H and O–H groups in total. The third-order valence-electron chi connectivity index (χ3n) is 4.36. The largest absolute Gasteiger partial charge is 0.368 e. The van der Waals surface area contributed by atoms with Crippen LogP contribution in [0.1, 0.15) is 12.8 Å². The Hall–Kier alpha value is -2.54. The summed E-state index contributed by atoms with van der Waals surface area (Å²) in [6, 6.07) is 6.00. The van der Waals surface area contributed by atoms with Gasteiger partial charge in [-0.05, 0) is 30.5 Å². The summed E-state index contributed by atoms with van der Waals surface area (Å²) in [5.41, 5.74) is 7.39. The van der Waals surface area contributed by atoms with Crippen LogP contribution in [0, 0.1) is 5.82 Å². The highest BCUT2D eigenvalue weighted by molar-refractivity contribution is 7.17. The average Bonchev–Trinajstić information content (AvgIpc) is 3.22. The Morgan fingerprint density at radius 1 is 1.29 bits per heavy atom. The molecule has 4 rings (SSSR count). The molecule has 5 nitrogen and oxygen atoms in total. The van der Waals surface area contributed by atoms with E-state index < -0.39 is 0 Å². The average molecular weight is 342 g/mol. The fraction of sp³-hybridized carbons (Fsp3) is 0.235. The van der Waals surface area contributed by atoms with Gasteiger partial charge in [0, 0.05) is 17.5 Å². The highest BCUT2D eigenvalue weighted by atomic mass is 32.1. The molecule has 1 aliphatic heterocycles. The van der Waals surface area contributed by atoms with E-state index in [1.54, 1.807) is 12.1 Å². The molecule has 3 heterocycles. The molecule has 1 aromatic carbocycles. The summed E-state index contributed by atoms with van der Waals surface area (Å²) >= 11 is 1.51. The Kier molecular flexibility index (Phi) is 3.65. The third-order valence-corrected chi connectivity index (χ3v) is 5.25. The molecular weight excluding hydrogens is 327 g/mol. The zero-order valence-electron chi connectivity index (χ0n) is 12.8. The summed E-state index contributed by atoms with van der Waals surface area (Å²) in [6.45, 7) is 0.735. The lowest BCUT2D eigenvalue weighted by Gasteiger charge is -2.24. The lowest BCUT2D eigenvalue weighted by molar-refractivity contribution is -0.119. The Morgan fingerprint density at radius 3 is 2.83 bits per heavy atom. The Morgan fingerprint density at radius 2 is 2.08 bits per heavy atom. The molecular formula is C17H15FN4OS. The lowest BCUT2D eigenvalue weighted by atomic mass is 10.1. The fourth-order valence-corrected chi connectivity index (χ4v) is 4.15. The number of carbonyl (C=O) groups excluding carboxylic acids is 1. The van der Waals surface area contributed by atoms with Crippen LogP contribution in [0.25, 0.3) is 21.3 Å². The Bertz CT molecular complexity index is 909. The maximum absolute atomic E-state index is 13.2. The van der Waals surface area contributed by atoms with E-state index in [0.717, 1.165) is 46.5 Å². The first kappa shape index (κ1) is 15.0. The summed E-state index contributed by atoms with van der Waals surface area (Å²) < 4.78 is 13.2. The van der Waals surface area contributed by atoms with Gasteiger partial charge in [0.25, 0.3) is 0 Å². The number of aromatic nitrogens is 2. The maximum atomic E-state index is 13.2. The van der Waals surface area contributed by atoms with Crippen LogP contribution in [-0.2, 0) is 4.79 Å². The van der Waals surface area contributed by atoms with E-state index >= 15 is 0 Å². The first-order valence-corrected chi connectivity index (χ1v) is 8.57. The number of halogens is 1. The topological polar surface area (TPSA) is 72.1 Å². The molecule has 0 radical (unpaired) electrons. The Balaban J connectivity index is 1.89. The van der Waals surface area contributed by atoms with E-state index in [1.807, 2.05) is 10.3 Å². The van der Waals surface area contributed by atoms with Crippen LogP contribution in [0.15, 0.2) is 36.0 Å².